The molecule has 3 nitrogen and oxygen atoms in total. The molecule has 0 fully saturated rings. The number of thiophene rings is 1. The molecule has 142 valence electrons. The van der Waals surface area contributed by atoms with E-state index in [1.165, 1.54) is 4.88 Å². The molecule has 5 heteroatoms. The highest BCUT2D eigenvalue weighted by molar-refractivity contribution is 7.18. The quantitative estimate of drug-likeness (QED) is 0.457. The zero-order valence-corrected chi connectivity index (χ0v) is 17.4. The van der Waals surface area contributed by atoms with Crippen LogP contribution in [-0.4, -0.2) is 17.4 Å². The Bertz CT molecular complexity index is 1020. The van der Waals surface area contributed by atoms with Crippen LogP contribution in [0.25, 0.3) is 10.2 Å². The smallest absolute Gasteiger partial charge is 0.230 e. The van der Waals surface area contributed by atoms with Crippen LogP contribution >= 0.6 is 22.7 Å². The number of amides is 1. The Kier molecular flexibility index (Phi) is 5.55. The average molecular weight is 407 g/mol. The van der Waals surface area contributed by atoms with Gasteiger partial charge in [0.05, 0.1) is 20.6 Å². The molecule has 28 heavy (non-hydrogen) atoms. The largest absolute Gasteiger partial charge is 0.355 e. The van der Waals surface area contributed by atoms with E-state index < -0.39 is 5.41 Å². The highest BCUT2D eigenvalue weighted by Gasteiger charge is 2.36. The van der Waals surface area contributed by atoms with Crippen molar-refractivity contribution in [2.75, 3.05) is 6.54 Å². The van der Waals surface area contributed by atoms with Gasteiger partial charge in [-0.15, -0.1) is 22.7 Å². The van der Waals surface area contributed by atoms with Crippen molar-refractivity contribution in [3.05, 3.63) is 87.6 Å². The zero-order valence-electron chi connectivity index (χ0n) is 15.7. The lowest BCUT2D eigenvalue weighted by atomic mass is 9.78. The van der Waals surface area contributed by atoms with Crippen molar-refractivity contribution < 1.29 is 4.79 Å². The molecule has 0 aliphatic heterocycles. The second-order valence-corrected chi connectivity index (χ2v) is 9.18. The first-order chi connectivity index (χ1) is 13.6. The number of hydrogen-bond acceptors (Lipinski definition) is 4. The lowest BCUT2D eigenvalue weighted by molar-refractivity contribution is -0.126. The summed E-state index contributed by atoms with van der Waals surface area (Å²) in [5, 5.41) is 6.21. The molecule has 1 unspecified atom stereocenters. The number of aromatic nitrogens is 1. The number of nitrogens with one attached hydrogen (secondary N) is 1. The molecular formula is C23H22N2OS2. The average Bonchev–Trinajstić information content (AvgIpc) is 3.37. The molecule has 2 aromatic carbocycles. The van der Waals surface area contributed by atoms with Crippen LogP contribution in [0.4, 0.5) is 0 Å². The van der Waals surface area contributed by atoms with Crippen LogP contribution in [-0.2, 0) is 23.1 Å². The third-order valence-electron chi connectivity index (χ3n) is 4.99. The predicted molar refractivity (Wildman–Crippen MR) is 118 cm³/mol. The first-order valence-corrected chi connectivity index (χ1v) is 11.1. The SMILES string of the molecule is CC(Cc1nc2ccccc2s1)(C(=O)NCCc1cccs1)c1ccccc1. The molecule has 1 N–H and O–H groups in total. The molecule has 4 rings (SSSR count). The van der Waals surface area contributed by atoms with Gasteiger partial charge < -0.3 is 5.32 Å². The molecule has 0 aliphatic rings. The Morgan fingerprint density at radius 2 is 1.82 bits per heavy atom. The number of nitrogens with zero attached hydrogens (tertiary/aromatic N) is 1. The van der Waals surface area contributed by atoms with Gasteiger partial charge in [-0.1, -0.05) is 48.5 Å². The van der Waals surface area contributed by atoms with Crippen LogP contribution in [0.5, 0.6) is 0 Å². The van der Waals surface area contributed by atoms with E-state index in [0.29, 0.717) is 13.0 Å². The maximum absolute atomic E-state index is 13.3. The molecule has 0 radical (unpaired) electrons. The summed E-state index contributed by atoms with van der Waals surface area (Å²) in [6.07, 6.45) is 1.44. The van der Waals surface area contributed by atoms with Crippen LogP contribution in [0, 0.1) is 0 Å². The first-order valence-electron chi connectivity index (χ1n) is 9.36. The second-order valence-electron chi connectivity index (χ2n) is 7.04. The van der Waals surface area contributed by atoms with Crippen molar-refractivity contribution >= 4 is 38.8 Å². The van der Waals surface area contributed by atoms with E-state index in [-0.39, 0.29) is 5.91 Å². The molecule has 1 amide bonds. The Morgan fingerprint density at radius 1 is 1.04 bits per heavy atom. The van der Waals surface area contributed by atoms with Crippen LogP contribution in [0.3, 0.4) is 0 Å². The molecule has 4 aromatic rings. The molecule has 0 saturated heterocycles. The van der Waals surface area contributed by atoms with E-state index in [2.05, 4.69) is 22.8 Å². The zero-order chi connectivity index (χ0) is 19.4. The monoisotopic (exact) mass is 406 g/mol. The van der Waals surface area contributed by atoms with Crippen molar-refractivity contribution in [3.8, 4) is 0 Å². The minimum absolute atomic E-state index is 0.0505. The summed E-state index contributed by atoms with van der Waals surface area (Å²) in [4.78, 5) is 19.3. The number of carbonyl (C=O) groups is 1. The number of rotatable bonds is 7. The minimum Gasteiger partial charge on any atom is -0.355 e. The Balaban J connectivity index is 1.57. The summed E-state index contributed by atoms with van der Waals surface area (Å²) in [7, 11) is 0. The van der Waals surface area contributed by atoms with Gasteiger partial charge in [0.25, 0.3) is 0 Å². The van der Waals surface area contributed by atoms with Crippen molar-refractivity contribution in [3.63, 3.8) is 0 Å². The lowest BCUT2D eigenvalue weighted by Crippen LogP contribution is -2.44. The Morgan fingerprint density at radius 3 is 2.57 bits per heavy atom. The van der Waals surface area contributed by atoms with Crippen molar-refractivity contribution in [2.45, 2.75) is 25.2 Å². The van der Waals surface area contributed by atoms with Gasteiger partial charge in [-0.05, 0) is 42.5 Å². The number of thiazole rings is 1. The highest BCUT2D eigenvalue weighted by Crippen LogP contribution is 2.32. The summed E-state index contributed by atoms with van der Waals surface area (Å²) in [6, 6.07) is 22.3. The maximum Gasteiger partial charge on any atom is 0.230 e. The van der Waals surface area contributed by atoms with Crippen LogP contribution in [0.2, 0.25) is 0 Å². The Hall–Kier alpha value is -2.50. The first kappa shape index (κ1) is 18.8. The summed E-state index contributed by atoms with van der Waals surface area (Å²) >= 11 is 3.39. The molecule has 0 spiro atoms. The topological polar surface area (TPSA) is 42.0 Å². The van der Waals surface area contributed by atoms with Crippen molar-refractivity contribution in [2.24, 2.45) is 0 Å². The fraction of sp³-hybridized carbons (Fsp3) is 0.217. The minimum atomic E-state index is -0.662. The summed E-state index contributed by atoms with van der Waals surface area (Å²) in [5.41, 5.74) is 1.35. The van der Waals surface area contributed by atoms with Gasteiger partial charge in [0.1, 0.15) is 0 Å². The van der Waals surface area contributed by atoms with E-state index in [1.54, 1.807) is 22.7 Å². The van der Waals surface area contributed by atoms with E-state index >= 15 is 0 Å². The second kappa shape index (κ2) is 8.25. The summed E-state index contributed by atoms with van der Waals surface area (Å²) < 4.78 is 1.16. The van der Waals surface area contributed by atoms with E-state index in [9.17, 15) is 4.79 Å². The lowest BCUT2D eigenvalue weighted by Gasteiger charge is -2.28. The third-order valence-corrected chi connectivity index (χ3v) is 6.96. The summed E-state index contributed by atoms with van der Waals surface area (Å²) in [6.45, 7) is 2.66. The van der Waals surface area contributed by atoms with Crippen molar-refractivity contribution in [1.82, 2.24) is 10.3 Å². The number of benzene rings is 2. The molecule has 2 heterocycles. The standard InChI is InChI=1S/C23H22N2OS2/c1-23(17-8-3-2-4-9-17,22(26)24-14-13-18-10-7-15-27-18)16-21-25-19-11-5-6-12-20(19)28-21/h2-12,15H,13-14,16H2,1H3,(H,24,26). The Labute approximate surface area is 173 Å². The van der Waals surface area contributed by atoms with Gasteiger partial charge >= 0.3 is 0 Å². The normalized spacial score (nSPS) is 13.3. The van der Waals surface area contributed by atoms with Crippen molar-refractivity contribution in [1.29, 1.82) is 0 Å². The maximum atomic E-state index is 13.3. The molecule has 0 saturated carbocycles. The van der Waals surface area contributed by atoms with Crippen LogP contribution < -0.4 is 5.32 Å². The van der Waals surface area contributed by atoms with Gasteiger partial charge in [-0.25, -0.2) is 4.98 Å². The van der Waals surface area contributed by atoms with Crippen LogP contribution in [0.1, 0.15) is 22.4 Å². The molecular weight excluding hydrogens is 384 g/mol. The number of para-hydroxylation sites is 1. The van der Waals surface area contributed by atoms with Gasteiger partial charge in [-0.2, -0.15) is 0 Å². The van der Waals surface area contributed by atoms with Gasteiger partial charge in [0.2, 0.25) is 5.91 Å². The van der Waals surface area contributed by atoms with Crippen LogP contribution in [0.15, 0.2) is 72.1 Å². The van der Waals surface area contributed by atoms with Gasteiger partial charge in [0.15, 0.2) is 0 Å². The van der Waals surface area contributed by atoms with E-state index in [4.69, 9.17) is 4.98 Å². The fourth-order valence-corrected chi connectivity index (χ4v) is 5.20. The van der Waals surface area contributed by atoms with Gasteiger partial charge in [0, 0.05) is 17.8 Å². The highest BCUT2D eigenvalue weighted by atomic mass is 32.1. The van der Waals surface area contributed by atoms with E-state index in [0.717, 1.165) is 27.2 Å². The predicted octanol–water partition coefficient (Wildman–Crippen LogP) is 5.22. The molecule has 0 aliphatic carbocycles. The number of fused-ring (bicyclic) bond motifs is 1. The van der Waals surface area contributed by atoms with E-state index in [1.807, 2.05) is 61.5 Å². The third kappa shape index (κ3) is 4.01. The molecule has 1 atom stereocenters. The number of carbonyl (C=O) groups excluding carboxylic acids is 1. The molecule has 0 bridgehead atoms. The number of hydrogen-bond donors (Lipinski definition) is 1. The van der Waals surface area contributed by atoms with Gasteiger partial charge in [-0.3, -0.25) is 4.79 Å². The summed E-state index contributed by atoms with van der Waals surface area (Å²) in [5.74, 6) is 0.0505. The molecule has 2 aromatic heterocycles. The fourth-order valence-electron chi connectivity index (χ4n) is 3.37.